The molecule has 0 heterocycles. The van der Waals surface area contributed by atoms with Crippen LogP contribution in [0, 0.1) is 11.8 Å². The standard InChI is InChI=1S/C17H28F3N3O3/c1-2-23(10-15(24)25)13-7-12(8-13)22-16(26)21-9-11-5-3-4-6-14(11)17(18,19)20/h11-14H,2-10H2,1H3,(H,24,25)(H2,21,22,26). The van der Waals surface area contributed by atoms with Gasteiger partial charge in [-0.2, -0.15) is 13.2 Å². The van der Waals surface area contributed by atoms with E-state index < -0.39 is 30.0 Å². The van der Waals surface area contributed by atoms with Crippen LogP contribution in [0.25, 0.3) is 0 Å². The fraction of sp³-hybridized carbons (Fsp3) is 0.882. The number of carboxylic acid groups (broad SMARTS) is 1. The molecule has 0 radical (unpaired) electrons. The van der Waals surface area contributed by atoms with Crippen LogP contribution in [-0.2, 0) is 4.79 Å². The van der Waals surface area contributed by atoms with Crippen molar-refractivity contribution in [3.63, 3.8) is 0 Å². The Labute approximate surface area is 151 Å². The van der Waals surface area contributed by atoms with Crippen LogP contribution >= 0.6 is 0 Å². The molecule has 2 atom stereocenters. The van der Waals surface area contributed by atoms with Crippen molar-refractivity contribution in [2.24, 2.45) is 11.8 Å². The number of carbonyl (C=O) groups excluding carboxylic acids is 1. The van der Waals surface area contributed by atoms with Crippen LogP contribution in [0.3, 0.4) is 0 Å². The molecule has 3 N–H and O–H groups in total. The Morgan fingerprint density at radius 2 is 1.85 bits per heavy atom. The molecule has 2 rings (SSSR count). The number of alkyl halides is 3. The number of urea groups is 1. The summed E-state index contributed by atoms with van der Waals surface area (Å²) >= 11 is 0. The minimum atomic E-state index is -4.21. The van der Waals surface area contributed by atoms with E-state index in [0.717, 1.165) is 6.42 Å². The number of likely N-dealkylation sites (N-methyl/N-ethyl adjacent to an activating group) is 1. The maximum Gasteiger partial charge on any atom is 0.392 e. The molecule has 2 amide bonds. The van der Waals surface area contributed by atoms with Crippen LogP contribution in [0.1, 0.15) is 45.4 Å². The summed E-state index contributed by atoms with van der Waals surface area (Å²) in [7, 11) is 0. The first-order valence-electron chi connectivity index (χ1n) is 9.27. The number of nitrogens with zero attached hydrogens (tertiary/aromatic N) is 1. The van der Waals surface area contributed by atoms with Gasteiger partial charge in [-0.3, -0.25) is 9.69 Å². The van der Waals surface area contributed by atoms with Gasteiger partial charge in [-0.15, -0.1) is 0 Å². The number of halogens is 3. The van der Waals surface area contributed by atoms with Gasteiger partial charge in [0.25, 0.3) is 0 Å². The van der Waals surface area contributed by atoms with E-state index in [1.165, 1.54) is 0 Å². The molecule has 0 aromatic carbocycles. The lowest BCUT2D eigenvalue weighted by Crippen LogP contribution is -2.56. The highest BCUT2D eigenvalue weighted by molar-refractivity contribution is 5.74. The van der Waals surface area contributed by atoms with Crippen LogP contribution in [0.15, 0.2) is 0 Å². The Balaban J connectivity index is 1.70. The maximum absolute atomic E-state index is 13.1. The summed E-state index contributed by atoms with van der Waals surface area (Å²) in [6.07, 6.45) is -0.929. The van der Waals surface area contributed by atoms with E-state index in [9.17, 15) is 22.8 Å². The van der Waals surface area contributed by atoms with E-state index in [-0.39, 0.29) is 31.6 Å². The first-order valence-corrected chi connectivity index (χ1v) is 9.27. The Kier molecular flexibility index (Phi) is 7.14. The van der Waals surface area contributed by atoms with Crippen LogP contribution in [0.4, 0.5) is 18.0 Å². The topological polar surface area (TPSA) is 81.7 Å². The zero-order valence-electron chi connectivity index (χ0n) is 15.0. The van der Waals surface area contributed by atoms with Gasteiger partial charge in [0.1, 0.15) is 0 Å². The van der Waals surface area contributed by atoms with Gasteiger partial charge in [0, 0.05) is 18.6 Å². The van der Waals surface area contributed by atoms with Gasteiger partial charge >= 0.3 is 18.2 Å². The third-order valence-electron chi connectivity index (χ3n) is 5.56. The molecule has 26 heavy (non-hydrogen) atoms. The fourth-order valence-corrected chi connectivity index (χ4v) is 4.02. The second kappa shape index (κ2) is 8.92. The van der Waals surface area contributed by atoms with Gasteiger partial charge in [-0.1, -0.05) is 19.8 Å². The predicted octanol–water partition coefficient (Wildman–Crippen LogP) is 2.59. The Bertz CT molecular complexity index is 495. The minimum absolute atomic E-state index is 0.0272. The molecule has 2 fully saturated rings. The summed E-state index contributed by atoms with van der Waals surface area (Å²) in [5.74, 6) is -2.78. The van der Waals surface area contributed by atoms with Gasteiger partial charge in [-0.25, -0.2) is 4.79 Å². The van der Waals surface area contributed by atoms with E-state index in [1.807, 2.05) is 11.8 Å². The summed E-state index contributed by atoms with van der Waals surface area (Å²) in [6.45, 7) is 2.51. The molecule has 0 aromatic rings. The average Bonchev–Trinajstić information content (AvgIpc) is 2.53. The largest absolute Gasteiger partial charge is 0.480 e. The van der Waals surface area contributed by atoms with E-state index >= 15 is 0 Å². The van der Waals surface area contributed by atoms with Crippen molar-refractivity contribution < 1.29 is 27.9 Å². The van der Waals surface area contributed by atoms with Crippen molar-refractivity contribution >= 4 is 12.0 Å². The summed E-state index contributed by atoms with van der Waals surface area (Å²) in [6, 6.07) is -0.386. The molecule has 9 heteroatoms. The first kappa shape index (κ1) is 20.8. The van der Waals surface area contributed by atoms with Crippen molar-refractivity contribution in [2.45, 2.75) is 63.7 Å². The number of amides is 2. The molecule has 0 saturated heterocycles. The highest BCUT2D eigenvalue weighted by Crippen LogP contribution is 2.41. The van der Waals surface area contributed by atoms with Crippen molar-refractivity contribution in [2.75, 3.05) is 19.6 Å². The third-order valence-corrected chi connectivity index (χ3v) is 5.56. The number of nitrogens with one attached hydrogen (secondary N) is 2. The summed E-state index contributed by atoms with van der Waals surface area (Å²) < 4.78 is 39.2. The number of carbonyl (C=O) groups is 2. The van der Waals surface area contributed by atoms with Crippen molar-refractivity contribution in [1.82, 2.24) is 15.5 Å². The third kappa shape index (κ3) is 5.75. The quantitative estimate of drug-likeness (QED) is 0.635. The molecule has 2 saturated carbocycles. The van der Waals surface area contributed by atoms with Crippen LogP contribution in [0.2, 0.25) is 0 Å². The summed E-state index contributed by atoms with van der Waals surface area (Å²) in [4.78, 5) is 24.6. The Morgan fingerprint density at radius 1 is 1.19 bits per heavy atom. The molecule has 0 bridgehead atoms. The van der Waals surface area contributed by atoms with Gasteiger partial charge < -0.3 is 15.7 Å². The molecule has 0 spiro atoms. The normalized spacial score (nSPS) is 29.1. The molecule has 2 unspecified atom stereocenters. The molecule has 2 aliphatic carbocycles. The molecular weight excluding hydrogens is 351 g/mol. The summed E-state index contributed by atoms with van der Waals surface area (Å²) in [5.41, 5.74) is 0. The van der Waals surface area contributed by atoms with E-state index in [1.54, 1.807) is 0 Å². The van der Waals surface area contributed by atoms with Crippen molar-refractivity contribution in [3.05, 3.63) is 0 Å². The van der Waals surface area contributed by atoms with Crippen LogP contribution in [0.5, 0.6) is 0 Å². The van der Waals surface area contributed by atoms with Gasteiger partial charge in [0.2, 0.25) is 0 Å². The smallest absolute Gasteiger partial charge is 0.392 e. The number of hydrogen-bond acceptors (Lipinski definition) is 3. The molecule has 0 aromatic heterocycles. The summed E-state index contributed by atoms with van der Waals surface area (Å²) in [5, 5.41) is 14.2. The number of rotatable bonds is 7. The van der Waals surface area contributed by atoms with Gasteiger partial charge in [0.15, 0.2) is 0 Å². The van der Waals surface area contributed by atoms with Crippen molar-refractivity contribution in [3.8, 4) is 0 Å². The lowest BCUT2D eigenvalue weighted by molar-refractivity contribution is -0.195. The molecule has 150 valence electrons. The zero-order chi connectivity index (χ0) is 19.3. The van der Waals surface area contributed by atoms with Crippen molar-refractivity contribution in [1.29, 1.82) is 0 Å². The highest BCUT2D eigenvalue weighted by atomic mass is 19.4. The second-order valence-electron chi connectivity index (χ2n) is 7.33. The van der Waals surface area contributed by atoms with Gasteiger partial charge in [-0.05, 0) is 38.1 Å². The number of carboxylic acids is 1. The molecule has 0 aliphatic heterocycles. The van der Waals surface area contributed by atoms with E-state index in [0.29, 0.717) is 32.2 Å². The molecule has 2 aliphatic rings. The van der Waals surface area contributed by atoms with Crippen LogP contribution in [-0.4, -0.2) is 59.9 Å². The number of aliphatic carboxylic acids is 1. The zero-order valence-corrected chi connectivity index (χ0v) is 15.0. The lowest BCUT2D eigenvalue weighted by Gasteiger charge is -2.42. The van der Waals surface area contributed by atoms with Gasteiger partial charge in [0.05, 0.1) is 12.5 Å². The lowest BCUT2D eigenvalue weighted by atomic mass is 9.79. The average molecular weight is 379 g/mol. The molecular formula is C17H28F3N3O3. The Hall–Kier alpha value is -1.51. The Morgan fingerprint density at radius 3 is 2.42 bits per heavy atom. The fourth-order valence-electron chi connectivity index (χ4n) is 4.02. The number of hydrogen-bond donors (Lipinski definition) is 3. The maximum atomic E-state index is 13.1. The monoisotopic (exact) mass is 379 g/mol. The first-order chi connectivity index (χ1) is 12.2. The SMILES string of the molecule is CCN(CC(=O)O)C1CC(NC(=O)NCC2CCCCC2C(F)(F)F)C1. The van der Waals surface area contributed by atoms with Crippen LogP contribution < -0.4 is 10.6 Å². The predicted molar refractivity (Wildman–Crippen MR) is 89.7 cm³/mol. The van der Waals surface area contributed by atoms with E-state index in [2.05, 4.69) is 10.6 Å². The second-order valence-corrected chi connectivity index (χ2v) is 7.33. The molecule has 6 nitrogen and oxygen atoms in total. The highest BCUT2D eigenvalue weighted by Gasteiger charge is 2.45. The minimum Gasteiger partial charge on any atom is -0.480 e. The van der Waals surface area contributed by atoms with E-state index in [4.69, 9.17) is 5.11 Å².